The van der Waals surface area contributed by atoms with E-state index in [0.29, 0.717) is 0 Å². The predicted octanol–water partition coefficient (Wildman–Crippen LogP) is 1.46. The number of hydrogen-bond acceptors (Lipinski definition) is 1. The molecule has 11 heavy (non-hydrogen) atoms. The Balaban J connectivity index is 2.34. The summed E-state index contributed by atoms with van der Waals surface area (Å²) in [5.41, 5.74) is -1.11. The van der Waals surface area contributed by atoms with Crippen LogP contribution in [0.15, 0.2) is 0 Å². The van der Waals surface area contributed by atoms with Crippen LogP contribution in [0.2, 0.25) is 0 Å². The second-order valence-electron chi connectivity index (χ2n) is 3.16. The maximum atomic E-state index is 11.3. The Morgan fingerprint density at radius 3 is 3.00 bits per heavy atom. The Labute approximate surface area is 75.8 Å². The molecule has 2 rings (SSSR count). The summed E-state index contributed by atoms with van der Waals surface area (Å²) in [7, 11) is 0. The van der Waals surface area contributed by atoms with Gasteiger partial charge in [0.05, 0.1) is 0 Å². The van der Waals surface area contributed by atoms with Crippen LogP contribution in [-0.2, 0) is 4.79 Å². The van der Waals surface area contributed by atoms with Crippen molar-refractivity contribution in [3.05, 3.63) is 0 Å². The van der Waals surface area contributed by atoms with Gasteiger partial charge in [-0.2, -0.15) is 0 Å². The lowest BCUT2D eigenvalue weighted by Gasteiger charge is -2.31. The molecule has 1 amide bonds. The molecule has 1 atom stereocenters. The van der Waals surface area contributed by atoms with E-state index in [-0.39, 0.29) is 25.7 Å². The van der Waals surface area contributed by atoms with E-state index in [1.165, 1.54) is 0 Å². The van der Waals surface area contributed by atoms with Crippen LogP contribution in [-0.4, -0.2) is 12.4 Å². The van der Waals surface area contributed by atoms with Gasteiger partial charge in [0.25, 0.3) is 0 Å². The highest BCUT2D eigenvalue weighted by Crippen LogP contribution is 2.40. The summed E-state index contributed by atoms with van der Waals surface area (Å²) in [6.45, 7) is -1.95. The fourth-order valence-electron chi connectivity index (χ4n) is 1.57. The minimum Gasteiger partial charge on any atom is -0.356 e. The average Bonchev–Trinajstić information content (AvgIpc) is 2.30. The van der Waals surface area contributed by atoms with Gasteiger partial charge in [0.1, 0.15) is 0 Å². The summed E-state index contributed by atoms with van der Waals surface area (Å²) < 4.78 is 46.4. The second kappa shape index (κ2) is 2.50. The Morgan fingerprint density at radius 2 is 2.36 bits per heavy atom. The van der Waals surface area contributed by atoms with Crippen LogP contribution in [0.5, 0.6) is 0 Å². The first kappa shape index (κ1) is 3.08. The van der Waals surface area contributed by atoms with Crippen LogP contribution >= 0.6 is 0 Å². The third-order valence-electron chi connectivity index (χ3n) is 2.25. The topological polar surface area (TPSA) is 29.1 Å². The first-order valence-electron chi connectivity index (χ1n) is 6.83. The highest BCUT2D eigenvalue weighted by Gasteiger charge is 2.38. The molecule has 1 heterocycles. The van der Waals surface area contributed by atoms with Crippen molar-refractivity contribution >= 4 is 5.91 Å². The number of rotatable bonds is 0. The molecule has 0 aromatic heterocycles. The van der Waals surface area contributed by atoms with E-state index >= 15 is 0 Å². The SMILES string of the molecule is [2H]C1([2H])CCC2(CC(=O)NC2([2H])[2H])CC1([2H])[2H]. The average molecular weight is 159 g/mol. The zero-order valence-corrected chi connectivity index (χ0v) is 6.24. The molecule has 1 unspecified atom stereocenters. The molecular weight excluding hydrogens is 138 g/mol. The van der Waals surface area contributed by atoms with Gasteiger partial charge in [0.2, 0.25) is 5.91 Å². The first-order valence-corrected chi connectivity index (χ1v) is 3.83. The van der Waals surface area contributed by atoms with Crippen molar-refractivity contribution in [2.45, 2.75) is 38.4 Å². The van der Waals surface area contributed by atoms with Gasteiger partial charge >= 0.3 is 0 Å². The molecule has 1 saturated carbocycles. The van der Waals surface area contributed by atoms with Crippen molar-refractivity contribution in [1.29, 1.82) is 0 Å². The first-order chi connectivity index (χ1) is 7.52. The molecule has 1 saturated heterocycles. The molecule has 1 N–H and O–H groups in total. The minimum absolute atomic E-state index is 0.0599. The van der Waals surface area contributed by atoms with Crippen LogP contribution in [0.3, 0.4) is 0 Å². The minimum atomic E-state index is -2.11. The van der Waals surface area contributed by atoms with E-state index in [4.69, 9.17) is 8.22 Å². The van der Waals surface area contributed by atoms with Crippen molar-refractivity contribution in [3.8, 4) is 0 Å². The molecule has 0 radical (unpaired) electrons. The van der Waals surface area contributed by atoms with Crippen LogP contribution in [0.4, 0.5) is 0 Å². The molecule has 62 valence electrons. The third kappa shape index (κ3) is 1.26. The number of hydrogen-bond donors (Lipinski definition) is 1. The smallest absolute Gasteiger partial charge is 0.220 e. The summed E-state index contributed by atoms with van der Waals surface area (Å²) in [5.74, 6) is -0.423. The standard InChI is InChI=1S/C9H15NO/c11-8-6-9(7-10-8)4-2-1-3-5-9/h1-7H2,(H,10,11)/i1D2,2D2,7D2. The van der Waals surface area contributed by atoms with Crippen molar-refractivity contribution in [2.75, 3.05) is 6.50 Å². The summed E-state index contributed by atoms with van der Waals surface area (Å²) in [5, 5.41) is 2.22. The van der Waals surface area contributed by atoms with Gasteiger partial charge in [0, 0.05) is 21.1 Å². The zero-order chi connectivity index (χ0) is 13.1. The number of amides is 1. The van der Waals surface area contributed by atoms with Crippen LogP contribution < -0.4 is 5.32 Å². The molecule has 2 fully saturated rings. The van der Waals surface area contributed by atoms with Crippen LogP contribution in [0.1, 0.15) is 46.7 Å². The highest BCUT2D eigenvalue weighted by molar-refractivity contribution is 5.79. The maximum Gasteiger partial charge on any atom is 0.220 e. The number of carbonyl (C=O) groups excluding carboxylic acids is 1. The lowest BCUT2D eigenvalue weighted by Crippen LogP contribution is -2.26. The van der Waals surface area contributed by atoms with Crippen molar-refractivity contribution in [2.24, 2.45) is 5.41 Å². The molecule has 2 heteroatoms. The molecule has 0 bridgehead atoms. The summed E-state index contributed by atoms with van der Waals surface area (Å²) in [4.78, 5) is 11.3. The van der Waals surface area contributed by atoms with E-state index in [1.54, 1.807) is 0 Å². The molecule has 1 aliphatic heterocycles. The fraction of sp³-hybridized carbons (Fsp3) is 0.889. The van der Waals surface area contributed by atoms with Gasteiger partial charge in [-0.05, 0) is 18.3 Å². The Bertz CT molecular complexity index is 368. The van der Waals surface area contributed by atoms with E-state index in [9.17, 15) is 4.79 Å². The second-order valence-corrected chi connectivity index (χ2v) is 3.16. The third-order valence-corrected chi connectivity index (χ3v) is 2.25. The summed E-state index contributed by atoms with van der Waals surface area (Å²) in [6, 6.07) is 0. The lowest BCUT2D eigenvalue weighted by atomic mass is 9.73. The van der Waals surface area contributed by atoms with Gasteiger partial charge < -0.3 is 5.32 Å². The van der Waals surface area contributed by atoms with Crippen molar-refractivity contribution < 1.29 is 13.0 Å². The molecule has 0 aromatic rings. The molecule has 1 spiro atoms. The molecular formula is C9H15NO. The quantitative estimate of drug-likeness (QED) is 0.569. The highest BCUT2D eigenvalue weighted by atomic mass is 16.1. The number of nitrogens with one attached hydrogen (secondary N) is 1. The van der Waals surface area contributed by atoms with Gasteiger partial charge in [-0.3, -0.25) is 4.79 Å². The Morgan fingerprint density at radius 1 is 1.45 bits per heavy atom. The lowest BCUT2D eigenvalue weighted by molar-refractivity contribution is -0.119. The van der Waals surface area contributed by atoms with Crippen molar-refractivity contribution in [1.82, 2.24) is 5.32 Å². The molecule has 0 aromatic carbocycles. The van der Waals surface area contributed by atoms with E-state index in [2.05, 4.69) is 5.32 Å². The van der Waals surface area contributed by atoms with E-state index < -0.39 is 30.6 Å². The molecule has 1 aliphatic carbocycles. The zero-order valence-electron chi connectivity index (χ0n) is 12.2. The monoisotopic (exact) mass is 159 g/mol. The molecule has 2 aliphatic rings. The van der Waals surface area contributed by atoms with Crippen LogP contribution in [0, 0.1) is 5.41 Å². The van der Waals surface area contributed by atoms with Gasteiger partial charge in [-0.25, -0.2) is 0 Å². The maximum absolute atomic E-state index is 11.3. The number of carbonyl (C=O) groups is 1. The Hall–Kier alpha value is -0.530. The van der Waals surface area contributed by atoms with E-state index in [0.717, 1.165) is 0 Å². The predicted molar refractivity (Wildman–Crippen MR) is 43.1 cm³/mol. The van der Waals surface area contributed by atoms with E-state index in [1.807, 2.05) is 0 Å². The largest absolute Gasteiger partial charge is 0.356 e. The van der Waals surface area contributed by atoms with Gasteiger partial charge in [-0.1, -0.05) is 19.2 Å². The summed E-state index contributed by atoms with van der Waals surface area (Å²) in [6.07, 6.45) is -4.26. The Kier molecular flexibility index (Phi) is 0.700. The molecule has 2 nitrogen and oxygen atoms in total. The van der Waals surface area contributed by atoms with Gasteiger partial charge in [0.15, 0.2) is 0 Å². The van der Waals surface area contributed by atoms with Gasteiger partial charge in [-0.15, -0.1) is 0 Å². The fourth-order valence-corrected chi connectivity index (χ4v) is 1.57. The van der Waals surface area contributed by atoms with Crippen molar-refractivity contribution in [3.63, 3.8) is 0 Å². The van der Waals surface area contributed by atoms with Crippen LogP contribution in [0.25, 0.3) is 0 Å². The normalized spacial score (nSPS) is 59.5. The summed E-state index contributed by atoms with van der Waals surface area (Å²) >= 11 is 0.